The summed E-state index contributed by atoms with van der Waals surface area (Å²) in [6.45, 7) is 5.54. The van der Waals surface area contributed by atoms with E-state index >= 15 is 0 Å². The van der Waals surface area contributed by atoms with E-state index in [1.807, 2.05) is 0 Å². The van der Waals surface area contributed by atoms with Gasteiger partial charge in [0.25, 0.3) is 0 Å². The van der Waals surface area contributed by atoms with Gasteiger partial charge in [0.15, 0.2) is 0 Å². The summed E-state index contributed by atoms with van der Waals surface area (Å²) < 4.78 is 0. The van der Waals surface area contributed by atoms with Gasteiger partial charge in [0.2, 0.25) is 0 Å². The summed E-state index contributed by atoms with van der Waals surface area (Å²) in [6, 6.07) is 18.2. The van der Waals surface area contributed by atoms with Gasteiger partial charge in [0.1, 0.15) is 0 Å². The van der Waals surface area contributed by atoms with Gasteiger partial charge in [0, 0.05) is 18.3 Å². The third kappa shape index (κ3) is 2.25. The van der Waals surface area contributed by atoms with E-state index in [9.17, 15) is 0 Å². The second-order valence-corrected chi connectivity index (χ2v) is 5.40. The molecule has 1 aliphatic rings. The monoisotopic (exact) mass is 251 g/mol. The molecule has 0 bridgehead atoms. The highest BCUT2D eigenvalue weighted by molar-refractivity contribution is 5.55. The van der Waals surface area contributed by atoms with Crippen LogP contribution in [0.5, 0.6) is 0 Å². The van der Waals surface area contributed by atoms with Crippen LogP contribution in [0.3, 0.4) is 0 Å². The fourth-order valence-electron chi connectivity index (χ4n) is 3.27. The summed E-state index contributed by atoms with van der Waals surface area (Å²) in [5.74, 6) is 0. The SMILES string of the molecule is CCN(c1ccccc1C)C1Cc2ccccc2C1. The summed E-state index contributed by atoms with van der Waals surface area (Å²) >= 11 is 0. The Labute approximate surface area is 115 Å². The lowest BCUT2D eigenvalue weighted by Gasteiger charge is -2.31. The van der Waals surface area contributed by atoms with Crippen LogP contribution in [0.4, 0.5) is 5.69 Å². The third-order valence-electron chi connectivity index (χ3n) is 4.24. The average Bonchev–Trinajstić information content (AvgIpc) is 2.85. The molecule has 1 heteroatoms. The van der Waals surface area contributed by atoms with Crippen molar-refractivity contribution in [3.63, 3.8) is 0 Å². The molecule has 0 aromatic heterocycles. The minimum atomic E-state index is 0.614. The molecule has 0 amide bonds. The lowest BCUT2D eigenvalue weighted by Crippen LogP contribution is -2.36. The first-order chi connectivity index (χ1) is 9.29. The van der Waals surface area contributed by atoms with E-state index in [0.29, 0.717) is 6.04 Å². The Bertz CT molecular complexity index is 548. The molecule has 0 saturated heterocycles. The zero-order valence-electron chi connectivity index (χ0n) is 11.8. The molecule has 0 spiro atoms. The molecular formula is C18H21N. The summed E-state index contributed by atoms with van der Waals surface area (Å²) in [5.41, 5.74) is 5.82. The predicted octanol–water partition coefficient (Wildman–Crippen LogP) is 3.99. The molecule has 1 aliphatic carbocycles. The van der Waals surface area contributed by atoms with Gasteiger partial charge in [0.05, 0.1) is 0 Å². The number of para-hydroxylation sites is 1. The molecule has 0 unspecified atom stereocenters. The van der Waals surface area contributed by atoms with Crippen molar-refractivity contribution in [3.05, 3.63) is 65.2 Å². The van der Waals surface area contributed by atoms with Crippen molar-refractivity contribution in [3.8, 4) is 0 Å². The van der Waals surface area contributed by atoms with Crippen LogP contribution in [0.2, 0.25) is 0 Å². The molecule has 98 valence electrons. The van der Waals surface area contributed by atoms with E-state index in [0.717, 1.165) is 6.54 Å². The van der Waals surface area contributed by atoms with Gasteiger partial charge >= 0.3 is 0 Å². The summed E-state index contributed by atoms with van der Waals surface area (Å²) in [6.07, 6.45) is 2.36. The molecule has 2 aromatic rings. The molecule has 0 aliphatic heterocycles. The predicted molar refractivity (Wildman–Crippen MR) is 81.8 cm³/mol. The minimum Gasteiger partial charge on any atom is -0.368 e. The van der Waals surface area contributed by atoms with E-state index < -0.39 is 0 Å². The second kappa shape index (κ2) is 5.08. The maximum Gasteiger partial charge on any atom is 0.0398 e. The minimum absolute atomic E-state index is 0.614. The van der Waals surface area contributed by atoms with Crippen molar-refractivity contribution in [2.75, 3.05) is 11.4 Å². The number of anilines is 1. The lowest BCUT2D eigenvalue weighted by molar-refractivity contribution is 0.630. The second-order valence-electron chi connectivity index (χ2n) is 5.40. The molecule has 0 atom stereocenters. The Morgan fingerprint density at radius 2 is 1.53 bits per heavy atom. The van der Waals surface area contributed by atoms with Crippen LogP contribution in [-0.2, 0) is 12.8 Å². The van der Waals surface area contributed by atoms with E-state index in [4.69, 9.17) is 0 Å². The van der Waals surface area contributed by atoms with E-state index in [1.54, 1.807) is 0 Å². The van der Waals surface area contributed by atoms with Crippen LogP contribution in [0.25, 0.3) is 0 Å². The highest BCUT2D eigenvalue weighted by Crippen LogP contribution is 2.30. The number of hydrogen-bond acceptors (Lipinski definition) is 1. The van der Waals surface area contributed by atoms with Crippen molar-refractivity contribution < 1.29 is 0 Å². The first kappa shape index (κ1) is 12.3. The van der Waals surface area contributed by atoms with Crippen molar-refractivity contribution in [2.45, 2.75) is 32.7 Å². The van der Waals surface area contributed by atoms with Gasteiger partial charge < -0.3 is 4.90 Å². The summed E-state index contributed by atoms with van der Waals surface area (Å²) in [7, 11) is 0. The first-order valence-electron chi connectivity index (χ1n) is 7.18. The topological polar surface area (TPSA) is 3.24 Å². The zero-order chi connectivity index (χ0) is 13.2. The number of benzene rings is 2. The van der Waals surface area contributed by atoms with E-state index in [2.05, 4.69) is 67.3 Å². The summed E-state index contributed by atoms with van der Waals surface area (Å²) in [4.78, 5) is 2.56. The van der Waals surface area contributed by atoms with Crippen LogP contribution in [0.1, 0.15) is 23.6 Å². The Balaban J connectivity index is 1.88. The largest absolute Gasteiger partial charge is 0.368 e. The fourth-order valence-corrected chi connectivity index (χ4v) is 3.27. The Morgan fingerprint density at radius 3 is 2.11 bits per heavy atom. The van der Waals surface area contributed by atoms with Gasteiger partial charge in [-0.1, -0.05) is 42.5 Å². The maximum absolute atomic E-state index is 2.56. The van der Waals surface area contributed by atoms with Gasteiger partial charge in [-0.15, -0.1) is 0 Å². The van der Waals surface area contributed by atoms with Crippen LogP contribution < -0.4 is 4.90 Å². The fraction of sp³-hybridized carbons (Fsp3) is 0.333. The average molecular weight is 251 g/mol. The van der Waals surface area contributed by atoms with Crippen LogP contribution >= 0.6 is 0 Å². The smallest absolute Gasteiger partial charge is 0.0398 e. The van der Waals surface area contributed by atoms with E-state index in [-0.39, 0.29) is 0 Å². The van der Waals surface area contributed by atoms with Crippen molar-refractivity contribution in [1.29, 1.82) is 0 Å². The number of nitrogens with zero attached hydrogens (tertiary/aromatic N) is 1. The molecule has 0 saturated carbocycles. The standard InChI is InChI=1S/C18H21N/c1-3-19(18-11-7-4-8-14(18)2)17-12-15-9-5-6-10-16(15)13-17/h4-11,17H,3,12-13H2,1-2H3. The lowest BCUT2D eigenvalue weighted by atomic mass is 10.1. The Kier molecular flexibility index (Phi) is 3.29. The molecule has 19 heavy (non-hydrogen) atoms. The molecule has 0 fully saturated rings. The van der Waals surface area contributed by atoms with Crippen LogP contribution in [-0.4, -0.2) is 12.6 Å². The Morgan fingerprint density at radius 1 is 0.947 bits per heavy atom. The first-order valence-corrected chi connectivity index (χ1v) is 7.18. The highest BCUT2D eigenvalue weighted by atomic mass is 15.2. The molecule has 0 heterocycles. The number of likely N-dealkylation sites (N-methyl/N-ethyl adjacent to an activating group) is 1. The zero-order valence-corrected chi connectivity index (χ0v) is 11.8. The molecular weight excluding hydrogens is 230 g/mol. The normalized spacial score (nSPS) is 14.4. The number of rotatable bonds is 3. The van der Waals surface area contributed by atoms with Gasteiger partial charge in [-0.05, 0) is 49.4 Å². The van der Waals surface area contributed by atoms with Gasteiger partial charge in [-0.2, -0.15) is 0 Å². The summed E-state index contributed by atoms with van der Waals surface area (Å²) in [5, 5.41) is 0. The number of hydrogen-bond donors (Lipinski definition) is 0. The molecule has 0 radical (unpaired) electrons. The van der Waals surface area contributed by atoms with Crippen molar-refractivity contribution >= 4 is 5.69 Å². The van der Waals surface area contributed by atoms with Crippen molar-refractivity contribution in [2.24, 2.45) is 0 Å². The van der Waals surface area contributed by atoms with Crippen LogP contribution in [0, 0.1) is 6.92 Å². The number of fused-ring (bicyclic) bond motifs is 1. The molecule has 1 nitrogen and oxygen atoms in total. The van der Waals surface area contributed by atoms with Crippen LogP contribution in [0.15, 0.2) is 48.5 Å². The van der Waals surface area contributed by atoms with Crippen molar-refractivity contribution in [1.82, 2.24) is 0 Å². The van der Waals surface area contributed by atoms with Gasteiger partial charge in [-0.3, -0.25) is 0 Å². The molecule has 2 aromatic carbocycles. The highest BCUT2D eigenvalue weighted by Gasteiger charge is 2.26. The quantitative estimate of drug-likeness (QED) is 0.797. The number of aryl methyl sites for hydroxylation is 1. The third-order valence-corrected chi connectivity index (χ3v) is 4.24. The van der Waals surface area contributed by atoms with E-state index in [1.165, 1.54) is 35.2 Å². The molecule has 3 rings (SSSR count). The Hall–Kier alpha value is -1.76. The van der Waals surface area contributed by atoms with Gasteiger partial charge in [-0.25, -0.2) is 0 Å². The maximum atomic E-state index is 2.56. The molecule has 0 N–H and O–H groups in total.